The Morgan fingerprint density at radius 2 is 2.25 bits per heavy atom. The topological polar surface area (TPSA) is 50.3 Å². The molecule has 2 aromatic rings. The van der Waals surface area contributed by atoms with E-state index >= 15 is 0 Å². The van der Waals surface area contributed by atoms with E-state index in [0.29, 0.717) is 15.6 Å². The van der Waals surface area contributed by atoms with Gasteiger partial charge in [-0.25, -0.2) is 9.37 Å². The molecule has 1 aromatic heterocycles. The van der Waals surface area contributed by atoms with E-state index < -0.39 is 5.82 Å². The minimum absolute atomic E-state index is 0.195. The Kier molecular flexibility index (Phi) is 2.71. The van der Waals surface area contributed by atoms with E-state index in [1.807, 2.05) is 0 Å². The largest absolute Gasteiger partial charge is 0.497 e. The lowest BCUT2D eigenvalue weighted by molar-refractivity contribution is 0.412. The van der Waals surface area contributed by atoms with Crippen LogP contribution in [-0.4, -0.2) is 12.1 Å². The Balaban J connectivity index is 2.87. The fourth-order valence-electron chi connectivity index (χ4n) is 1.38. The van der Waals surface area contributed by atoms with Crippen molar-refractivity contribution in [3.63, 3.8) is 0 Å². The van der Waals surface area contributed by atoms with Crippen LogP contribution in [0.2, 0.25) is 0 Å². The number of rotatable bonds is 1. The van der Waals surface area contributed by atoms with Crippen LogP contribution in [0.15, 0.2) is 22.8 Å². The number of methoxy groups -OCH3 is 1. The molecule has 0 N–H and O–H groups in total. The van der Waals surface area contributed by atoms with E-state index in [-0.39, 0.29) is 11.2 Å². The van der Waals surface area contributed by atoms with Crippen LogP contribution in [0.25, 0.3) is 15.9 Å². The van der Waals surface area contributed by atoms with Crippen molar-refractivity contribution in [1.82, 2.24) is 4.98 Å². The van der Waals surface area contributed by atoms with Gasteiger partial charge in [0.15, 0.2) is 10.8 Å². The molecule has 0 saturated carbocycles. The first-order valence-corrected chi connectivity index (χ1v) is 5.13. The number of aromatic nitrogens is 1. The van der Waals surface area contributed by atoms with Crippen molar-refractivity contribution < 1.29 is 9.13 Å². The predicted octanol–water partition coefficient (Wildman–Crippen LogP) is 3.63. The van der Waals surface area contributed by atoms with E-state index in [9.17, 15) is 4.39 Å². The summed E-state index contributed by atoms with van der Waals surface area (Å²) >= 11 is 3.22. The number of pyridine rings is 1. The van der Waals surface area contributed by atoms with Gasteiger partial charge in [0.25, 0.3) is 0 Å². The Bertz CT molecular complexity index is 609. The van der Waals surface area contributed by atoms with Crippen molar-refractivity contribution in [3.8, 4) is 5.75 Å². The maximum Gasteiger partial charge on any atom is 0.417 e. The summed E-state index contributed by atoms with van der Waals surface area (Å²) in [7, 11) is 1.45. The summed E-state index contributed by atoms with van der Waals surface area (Å²) < 4.78 is 19.0. The molecule has 1 heterocycles. The molecule has 0 amide bonds. The first-order valence-electron chi connectivity index (χ1n) is 4.34. The summed E-state index contributed by atoms with van der Waals surface area (Å²) in [6.07, 6.45) is 1.28. The third-order valence-corrected chi connectivity index (χ3v) is 2.99. The molecule has 6 heteroatoms. The summed E-state index contributed by atoms with van der Waals surface area (Å²) in [6.45, 7) is 0. The number of hydrogen-bond donors (Lipinski definition) is 0. The van der Waals surface area contributed by atoms with E-state index in [2.05, 4.69) is 25.9 Å². The monoisotopic (exact) mass is 282 g/mol. The second-order valence-corrected chi connectivity index (χ2v) is 3.86. The summed E-state index contributed by atoms with van der Waals surface area (Å²) in [5, 5.41) is 9.20. The summed E-state index contributed by atoms with van der Waals surface area (Å²) in [5.74, 6) is -0.109. The molecule has 0 fully saturated rings. The lowest BCUT2D eigenvalue weighted by atomic mass is 10.2. The molecule has 4 nitrogen and oxygen atoms in total. The zero-order valence-electron chi connectivity index (χ0n) is 8.24. The number of hydrogen-bond acceptors (Lipinski definition) is 3. The van der Waals surface area contributed by atoms with Gasteiger partial charge in [0, 0.05) is 11.5 Å². The fraction of sp³-hybridized carbons (Fsp3) is 0.100. The van der Waals surface area contributed by atoms with Gasteiger partial charge in [-0.2, -0.15) is 0 Å². The Morgan fingerprint density at radius 1 is 1.50 bits per heavy atom. The number of ether oxygens (including phenoxy) is 1. The maximum absolute atomic E-state index is 13.6. The second kappa shape index (κ2) is 4.02. The summed E-state index contributed by atoms with van der Waals surface area (Å²) in [5.41, 5.74) is 0.431. The number of halogens is 2. The number of benzene rings is 1. The van der Waals surface area contributed by atoms with Gasteiger partial charge in [0.05, 0.1) is 7.11 Å². The zero-order valence-corrected chi connectivity index (χ0v) is 9.82. The molecule has 16 heavy (non-hydrogen) atoms. The second-order valence-electron chi connectivity index (χ2n) is 3.06. The van der Waals surface area contributed by atoms with Gasteiger partial charge in [-0.3, -0.25) is 0 Å². The highest BCUT2D eigenvalue weighted by Crippen LogP contribution is 2.34. The molecular formula is C10H6BrFN3O+. The molecule has 0 aliphatic carbocycles. The highest BCUT2D eigenvalue weighted by atomic mass is 79.9. The number of nitrogens with zero attached hydrogens (tertiary/aromatic N) is 3. The standard InChI is InChI=1S/C10H6BrFN3O/c1-16-5-2-6-9(11)8(15-13)4-14-10(6)7(12)3-5/h2-4H,1H3/q+1. The molecule has 2 rings (SSSR count). The molecular weight excluding hydrogens is 277 g/mol. The highest BCUT2D eigenvalue weighted by molar-refractivity contribution is 9.10. The van der Waals surface area contributed by atoms with Crippen LogP contribution in [0, 0.1) is 11.2 Å². The smallest absolute Gasteiger partial charge is 0.417 e. The van der Waals surface area contributed by atoms with Gasteiger partial charge in [0.1, 0.15) is 21.9 Å². The van der Waals surface area contributed by atoms with Gasteiger partial charge < -0.3 is 4.74 Å². The van der Waals surface area contributed by atoms with Gasteiger partial charge in [-0.1, -0.05) is 0 Å². The molecule has 0 aliphatic rings. The SMILES string of the molecule is COc1cc(F)c2ncc([N+]#N)c(Br)c2c1. The summed E-state index contributed by atoms with van der Waals surface area (Å²) in [6, 6.07) is 2.86. The summed E-state index contributed by atoms with van der Waals surface area (Å²) in [4.78, 5) is 6.91. The Morgan fingerprint density at radius 3 is 2.88 bits per heavy atom. The maximum atomic E-state index is 13.6. The molecule has 0 atom stereocenters. The Hall–Kier alpha value is -1.74. The normalized spacial score (nSPS) is 10.1. The van der Waals surface area contributed by atoms with Crippen LogP contribution in [0.3, 0.4) is 0 Å². The van der Waals surface area contributed by atoms with Crippen molar-refractivity contribution >= 4 is 32.5 Å². The van der Waals surface area contributed by atoms with Crippen molar-refractivity contribution in [2.75, 3.05) is 7.11 Å². The molecule has 1 aromatic carbocycles. The quantitative estimate of drug-likeness (QED) is 0.751. The van der Waals surface area contributed by atoms with Gasteiger partial charge >= 0.3 is 5.69 Å². The average molecular weight is 283 g/mol. The third-order valence-electron chi connectivity index (χ3n) is 2.16. The van der Waals surface area contributed by atoms with Gasteiger partial charge in [-0.05, 0) is 22.0 Å². The molecule has 0 radical (unpaired) electrons. The molecule has 0 spiro atoms. The van der Waals surface area contributed by atoms with E-state index in [0.717, 1.165) is 0 Å². The van der Waals surface area contributed by atoms with Gasteiger partial charge in [-0.15, -0.1) is 0 Å². The first kappa shape index (κ1) is 10.8. The first-order chi connectivity index (χ1) is 7.67. The number of diazo groups is 1. The minimum atomic E-state index is -0.487. The van der Waals surface area contributed by atoms with Crippen molar-refractivity contribution in [2.24, 2.45) is 0 Å². The van der Waals surface area contributed by atoms with Crippen LogP contribution in [0.5, 0.6) is 5.75 Å². The zero-order chi connectivity index (χ0) is 11.7. The van der Waals surface area contributed by atoms with E-state index in [4.69, 9.17) is 10.1 Å². The van der Waals surface area contributed by atoms with Crippen molar-refractivity contribution in [2.45, 2.75) is 0 Å². The van der Waals surface area contributed by atoms with Crippen LogP contribution >= 0.6 is 15.9 Å². The molecule has 0 aliphatic heterocycles. The lowest BCUT2D eigenvalue weighted by Gasteiger charge is -2.03. The molecule has 0 saturated heterocycles. The average Bonchev–Trinajstić information content (AvgIpc) is 2.30. The minimum Gasteiger partial charge on any atom is -0.497 e. The molecule has 0 unspecified atom stereocenters. The lowest BCUT2D eigenvalue weighted by Crippen LogP contribution is -1.89. The molecule has 0 bridgehead atoms. The van der Waals surface area contributed by atoms with Crippen molar-refractivity contribution in [3.05, 3.63) is 33.6 Å². The van der Waals surface area contributed by atoms with Crippen LogP contribution in [-0.2, 0) is 0 Å². The van der Waals surface area contributed by atoms with E-state index in [1.165, 1.54) is 19.4 Å². The molecule has 80 valence electrons. The van der Waals surface area contributed by atoms with Crippen LogP contribution in [0.1, 0.15) is 0 Å². The van der Waals surface area contributed by atoms with Crippen molar-refractivity contribution in [1.29, 1.82) is 5.39 Å². The van der Waals surface area contributed by atoms with E-state index in [1.54, 1.807) is 6.07 Å². The third kappa shape index (κ3) is 1.59. The van der Waals surface area contributed by atoms with Crippen LogP contribution in [0.4, 0.5) is 10.1 Å². The predicted molar refractivity (Wildman–Crippen MR) is 60.7 cm³/mol. The highest BCUT2D eigenvalue weighted by Gasteiger charge is 2.18. The fourth-order valence-corrected chi connectivity index (χ4v) is 1.86. The number of fused-ring (bicyclic) bond motifs is 1. The Labute approximate surface area is 98.8 Å². The van der Waals surface area contributed by atoms with Gasteiger partial charge in [0.2, 0.25) is 5.39 Å². The van der Waals surface area contributed by atoms with Crippen LogP contribution < -0.4 is 4.74 Å².